The van der Waals surface area contributed by atoms with Crippen molar-refractivity contribution in [2.24, 2.45) is 11.8 Å². The van der Waals surface area contributed by atoms with Gasteiger partial charge in [0.1, 0.15) is 5.92 Å². The average molecular weight is 294 g/mol. The molecule has 0 fully saturated rings. The number of allylic oxidation sites excluding steroid dienone is 2. The lowest BCUT2D eigenvalue weighted by Gasteiger charge is -2.38. The molecule has 0 heterocycles. The zero-order valence-corrected chi connectivity index (χ0v) is 12.1. The Balaban J connectivity index is 3.51. The number of aliphatic carboxylic acids is 2. The Morgan fingerprint density at radius 3 is 2.29 bits per heavy atom. The molecule has 1 aliphatic carbocycles. The monoisotopic (exact) mass is 294 g/mol. The summed E-state index contributed by atoms with van der Waals surface area (Å²) in [6, 6.07) is 0. The van der Waals surface area contributed by atoms with E-state index < -0.39 is 29.4 Å². The molecule has 1 aliphatic rings. The standard InChI is InChI=1S/C15H18O6/c1-8(2)10-6-5-7-11(12(16)17)15(10,14(19)20)21-13(18)9(3)4/h5-8,11H,3H2,1-2,4H3,(H,16,17)(H,19,20). The minimum atomic E-state index is -2.26. The van der Waals surface area contributed by atoms with Gasteiger partial charge in [-0.15, -0.1) is 0 Å². The first-order valence-corrected chi connectivity index (χ1v) is 6.38. The molecule has 2 unspecified atom stereocenters. The maximum Gasteiger partial charge on any atom is 0.353 e. The van der Waals surface area contributed by atoms with E-state index in [9.17, 15) is 24.6 Å². The summed E-state index contributed by atoms with van der Waals surface area (Å²) >= 11 is 0. The van der Waals surface area contributed by atoms with Crippen LogP contribution in [0.3, 0.4) is 0 Å². The molecule has 2 N–H and O–H groups in total. The van der Waals surface area contributed by atoms with Crippen LogP contribution in [0.15, 0.2) is 36.0 Å². The van der Waals surface area contributed by atoms with Crippen molar-refractivity contribution in [3.63, 3.8) is 0 Å². The van der Waals surface area contributed by atoms with Crippen LogP contribution in [0.25, 0.3) is 0 Å². The van der Waals surface area contributed by atoms with E-state index in [2.05, 4.69) is 6.58 Å². The Hall–Kier alpha value is -2.37. The van der Waals surface area contributed by atoms with E-state index in [1.54, 1.807) is 13.8 Å². The van der Waals surface area contributed by atoms with Crippen molar-refractivity contribution in [2.45, 2.75) is 26.4 Å². The van der Waals surface area contributed by atoms with Crippen LogP contribution in [0, 0.1) is 11.8 Å². The number of carbonyl (C=O) groups excluding carboxylic acids is 1. The van der Waals surface area contributed by atoms with Crippen molar-refractivity contribution >= 4 is 17.9 Å². The van der Waals surface area contributed by atoms with E-state index in [0.717, 1.165) is 0 Å². The number of hydrogen-bond acceptors (Lipinski definition) is 4. The molecule has 0 saturated carbocycles. The van der Waals surface area contributed by atoms with E-state index in [1.807, 2.05) is 0 Å². The third-order valence-corrected chi connectivity index (χ3v) is 3.25. The van der Waals surface area contributed by atoms with Gasteiger partial charge in [-0.1, -0.05) is 38.7 Å². The number of carbonyl (C=O) groups is 3. The highest BCUT2D eigenvalue weighted by atomic mass is 16.6. The summed E-state index contributed by atoms with van der Waals surface area (Å²) in [7, 11) is 0. The lowest BCUT2D eigenvalue weighted by molar-refractivity contribution is -0.181. The maximum atomic E-state index is 11.8. The third kappa shape index (κ3) is 2.89. The minimum absolute atomic E-state index is 0.00239. The Kier molecular flexibility index (Phi) is 4.73. The number of ether oxygens (including phenoxy) is 1. The first-order chi connectivity index (χ1) is 9.64. The fourth-order valence-electron chi connectivity index (χ4n) is 2.24. The highest BCUT2D eigenvalue weighted by Crippen LogP contribution is 2.39. The smallest absolute Gasteiger partial charge is 0.353 e. The highest BCUT2D eigenvalue weighted by molar-refractivity contribution is 5.96. The van der Waals surface area contributed by atoms with E-state index >= 15 is 0 Å². The van der Waals surface area contributed by atoms with Crippen LogP contribution in [-0.2, 0) is 19.1 Å². The molecular weight excluding hydrogens is 276 g/mol. The molecule has 21 heavy (non-hydrogen) atoms. The summed E-state index contributed by atoms with van der Waals surface area (Å²) in [5, 5.41) is 18.9. The second kappa shape index (κ2) is 5.95. The van der Waals surface area contributed by atoms with Crippen molar-refractivity contribution in [3.8, 4) is 0 Å². The van der Waals surface area contributed by atoms with E-state index in [1.165, 1.54) is 25.2 Å². The van der Waals surface area contributed by atoms with Gasteiger partial charge in [-0.05, 0) is 18.4 Å². The lowest BCUT2D eigenvalue weighted by Crippen LogP contribution is -2.55. The van der Waals surface area contributed by atoms with E-state index in [-0.39, 0.29) is 17.1 Å². The molecule has 0 aromatic heterocycles. The van der Waals surface area contributed by atoms with Gasteiger partial charge >= 0.3 is 17.9 Å². The van der Waals surface area contributed by atoms with Crippen molar-refractivity contribution in [2.75, 3.05) is 0 Å². The largest absolute Gasteiger partial charge is 0.481 e. The van der Waals surface area contributed by atoms with Crippen molar-refractivity contribution < 1.29 is 29.3 Å². The summed E-state index contributed by atoms with van der Waals surface area (Å²) in [5.41, 5.74) is -2.04. The van der Waals surface area contributed by atoms with Gasteiger partial charge in [-0.3, -0.25) is 4.79 Å². The van der Waals surface area contributed by atoms with Crippen LogP contribution < -0.4 is 0 Å². The molecule has 0 radical (unpaired) electrons. The Bertz CT molecular complexity index is 555. The van der Waals surface area contributed by atoms with Crippen LogP contribution >= 0.6 is 0 Å². The third-order valence-electron chi connectivity index (χ3n) is 3.25. The highest BCUT2D eigenvalue weighted by Gasteiger charge is 2.56. The number of hydrogen-bond donors (Lipinski definition) is 2. The SMILES string of the molecule is C=C(C)C(=O)OC1(C(=O)O)C(C(C)C)=CC=CC1C(=O)O. The molecule has 114 valence electrons. The molecule has 0 amide bonds. The second-order valence-electron chi connectivity index (χ2n) is 5.19. The maximum absolute atomic E-state index is 11.8. The quantitative estimate of drug-likeness (QED) is 0.592. The Morgan fingerprint density at radius 1 is 1.33 bits per heavy atom. The fraction of sp³-hybridized carbons (Fsp3) is 0.400. The molecule has 1 rings (SSSR count). The van der Waals surface area contributed by atoms with Gasteiger partial charge in [0, 0.05) is 5.57 Å². The molecule has 0 aromatic rings. The molecule has 0 spiro atoms. The van der Waals surface area contributed by atoms with Gasteiger partial charge < -0.3 is 14.9 Å². The van der Waals surface area contributed by atoms with Gasteiger partial charge in [0.2, 0.25) is 5.60 Å². The van der Waals surface area contributed by atoms with Crippen LogP contribution in [-0.4, -0.2) is 33.7 Å². The fourth-order valence-corrected chi connectivity index (χ4v) is 2.24. The Labute approximate surface area is 122 Å². The number of esters is 1. The molecular formula is C15H18O6. The number of carboxylic acid groups (broad SMARTS) is 2. The normalized spacial score (nSPS) is 24.4. The second-order valence-corrected chi connectivity index (χ2v) is 5.19. The molecule has 0 aliphatic heterocycles. The first-order valence-electron chi connectivity index (χ1n) is 6.38. The molecule has 0 saturated heterocycles. The van der Waals surface area contributed by atoms with Gasteiger partial charge in [0.05, 0.1) is 0 Å². The van der Waals surface area contributed by atoms with Gasteiger partial charge in [0.25, 0.3) is 0 Å². The summed E-state index contributed by atoms with van der Waals surface area (Å²) < 4.78 is 5.11. The molecule has 2 atom stereocenters. The van der Waals surface area contributed by atoms with Crippen molar-refractivity contribution in [1.29, 1.82) is 0 Å². The van der Waals surface area contributed by atoms with E-state index in [4.69, 9.17) is 4.74 Å². The number of carboxylic acids is 2. The predicted octanol–water partition coefficient (Wildman–Crippen LogP) is 1.78. The molecule has 0 bridgehead atoms. The lowest BCUT2D eigenvalue weighted by atomic mass is 9.73. The van der Waals surface area contributed by atoms with Crippen LogP contribution in [0.1, 0.15) is 20.8 Å². The summed E-state index contributed by atoms with van der Waals surface area (Å²) in [5.74, 6) is -5.65. The van der Waals surface area contributed by atoms with Gasteiger partial charge in [0.15, 0.2) is 0 Å². The van der Waals surface area contributed by atoms with Crippen molar-refractivity contribution in [1.82, 2.24) is 0 Å². The number of rotatable bonds is 5. The summed E-state index contributed by atoms with van der Waals surface area (Å²) in [6.45, 7) is 8.17. The summed E-state index contributed by atoms with van der Waals surface area (Å²) in [6.07, 6.45) is 4.14. The summed E-state index contributed by atoms with van der Waals surface area (Å²) in [4.78, 5) is 35.1. The Morgan fingerprint density at radius 2 is 1.90 bits per heavy atom. The average Bonchev–Trinajstić information content (AvgIpc) is 2.37. The van der Waals surface area contributed by atoms with Crippen LogP contribution in [0.2, 0.25) is 0 Å². The van der Waals surface area contributed by atoms with Gasteiger partial charge in [-0.25, -0.2) is 9.59 Å². The van der Waals surface area contributed by atoms with Crippen LogP contribution in [0.5, 0.6) is 0 Å². The van der Waals surface area contributed by atoms with Crippen molar-refractivity contribution in [3.05, 3.63) is 36.0 Å². The predicted molar refractivity (Wildman–Crippen MR) is 74.5 cm³/mol. The van der Waals surface area contributed by atoms with Crippen LogP contribution in [0.4, 0.5) is 0 Å². The molecule has 0 aromatic carbocycles. The zero-order chi connectivity index (χ0) is 16.4. The minimum Gasteiger partial charge on any atom is -0.481 e. The first kappa shape index (κ1) is 16.7. The topological polar surface area (TPSA) is 101 Å². The zero-order valence-electron chi connectivity index (χ0n) is 12.1. The van der Waals surface area contributed by atoms with E-state index in [0.29, 0.717) is 0 Å². The molecule has 6 nitrogen and oxygen atoms in total. The van der Waals surface area contributed by atoms with Gasteiger partial charge in [-0.2, -0.15) is 0 Å². The molecule has 6 heteroatoms.